The second kappa shape index (κ2) is 4.50. The molecule has 0 aliphatic carbocycles. The molecule has 0 saturated carbocycles. The van der Waals surface area contributed by atoms with E-state index in [2.05, 4.69) is 9.99 Å². The first-order valence-corrected chi connectivity index (χ1v) is 2.85. The highest BCUT2D eigenvalue weighted by Crippen LogP contribution is 1.85. The molecule has 0 aromatic rings. The van der Waals surface area contributed by atoms with Gasteiger partial charge in [0.05, 0.1) is 0 Å². The molecule has 0 radical (unpaired) electrons. The van der Waals surface area contributed by atoms with Crippen molar-refractivity contribution in [1.29, 1.82) is 5.26 Å². The van der Waals surface area contributed by atoms with Gasteiger partial charge in [0, 0.05) is 6.42 Å². The molecule has 0 bridgehead atoms. The second-order valence-corrected chi connectivity index (χ2v) is 1.61. The maximum absolute atomic E-state index is 10.4. The maximum Gasteiger partial charge on any atom is 0.334 e. The van der Waals surface area contributed by atoms with Gasteiger partial charge in [0.25, 0.3) is 0 Å². The van der Waals surface area contributed by atoms with Crippen molar-refractivity contribution in [2.75, 3.05) is 0 Å². The fraction of sp³-hybridized carbons (Fsp3) is 0.500. The van der Waals surface area contributed by atoms with Gasteiger partial charge in [-0.2, -0.15) is 5.26 Å². The highest BCUT2D eigenvalue weighted by molar-refractivity contribution is 5.96. The first kappa shape index (κ1) is 8.63. The molecular weight excluding hydrogens is 132 g/mol. The van der Waals surface area contributed by atoms with E-state index in [1.165, 1.54) is 6.92 Å². The summed E-state index contributed by atoms with van der Waals surface area (Å²) in [4.78, 5) is 14.7. The van der Waals surface area contributed by atoms with Crippen molar-refractivity contribution in [2.24, 2.45) is 5.16 Å². The van der Waals surface area contributed by atoms with E-state index in [9.17, 15) is 4.79 Å². The fourth-order valence-corrected chi connectivity index (χ4v) is 0.204. The summed E-state index contributed by atoms with van der Waals surface area (Å²) in [6, 6.07) is 1.72. The monoisotopic (exact) mass is 140 g/mol. The number of carbonyl (C=O) groups is 1. The van der Waals surface area contributed by atoms with Gasteiger partial charge in [-0.15, -0.1) is 0 Å². The lowest BCUT2D eigenvalue weighted by atomic mass is 10.5. The lowest BCUT2D eigenvalue weighted by Gasteiger charge is -1.90. The lowest BCUT2D eigenvalue weighted by molar-refractivity contribution is -0.143. The van der Waals surface area contributed by atoms with Crippen molar-refractivity contribution < 1.29 is 9.63 Å². The Labute approximate surface area is 59.1 Å². The summed E-state index contributed by atoms with van der Waals surface area (Å²) in [5, 5.41) is 11.4. The lowest BCUT2D eigenvalue weighted by Crippen LogP contribution is -1.98. The Kier molecular flexibility index (Phi) is 3.89. The molecule has 0 aliphatic rings. The molecule has 10 heavy (non-hydrogen) atoms. The zero-order valence-electron chi connectivity index (χ0n) is 5.92. The van der Waals surface area contributed by atoms with E-state index in [1.54, 1.807) is 13.0 Å². The van der Waals surface area contributed by atoms with Crippen LogP contribution in [0.25, 0.3) is 0 Å². The molecule has 0 unspecified atom stereocenters. The average molecular weight is 140 g/mol. The summed E-state index contributed by atoms with van der Waals surface area (Å²) in [5.74, 6) is -0.436. The van der Waals surface area contributed by atoms with E-state index in [-0.39, 0.29) is 12.1 Å². The second-order valence-electron chi connectivity index (χ2n) is 1.61. The molecule has 0 fully saturated rings. The minimum atomic E-state index is -0.436. The molecule has 54 valence electrons. The topological polar surface area (TPSA) is 62.4 Å². The van der Waals surface area contributed by atoms with Gasteiger partial charge in [-0.3, -0.25) is 0 Å². The SMILES string of the molecule is CCC(=O)ON=C(C)C#N. The highest BCUT2D eigenvalue weighted by Gasteiger charge is 1.95. The van der Waals surface area contributed by atoms with Crippen molar-refractivity contribution in [1.82, 2.24) is 0 Å². The maximum atomic E-state index is 10.4. The van der Waals surface area contributed by atoms with Crippen LogP contribution in [0.5, 0.6) is 0 Å². The minimum Gasteiger partial charge on any atom is -0.317 e. The number of hydrogen-bond donors (Lipinski definition) is 0. The number of rotatable bonds is 2. The highest BCUT2D eigenvalue weighted by atomic mass is 16.7. The number of nitriles is 1. The first-order chi connectivity index (χ1) is 4.70. The van der Waals surface area contributed by atoms with Gasteiger partial charge in [0.2, 0.25) is 0 Å². The van der Waals surface area contributed by atoms with Gasteiger partial charge in [-0.25, -0.2) is 4.79 Å². The van der Waals surface area contributed by atoms with E-state index in [0.717, 1.165) is 0 Å². The largest absolute Gasteiger partial charge is 0.334 e. The Balaban J connectivity index is 3.75. The molecule has 4 nitrogen and oxygen atoms in total. The van der Waals surface area contributed by atoms with Crippen LogP contribution in [0.15, 0.2) is 5.16 Å². The van der Waals surface area contributed by atoms with Crippen LogP contribution < -0.4 is 0 Å². The molecule has 0 amide bonds. The average Bonchev–Trinajstić information content (AvgIpc) is 1.99. The fourth-order valence-electron chi connectivity index (χ4n) is 0.204. The van der Waals surface area contributed by atoms with E-state index in [0.29, 0.717) is 0 Å². The van der Waals surface area contributed by atoms with E-state index in [4.69, 9.17) is 5.26 Å². The Morgan fingerprint density at radius 2 is 2.40 bits per heavy atom. The number of nitrogens with zero attached hydrogens (tertiary/aromatic N) is 2. The van der Waals surface area contributed by atoms with Crippen molar-refractivity contribution in [3.63, 3.8) is 0 Å². The summed E-state index contributed by atoms with van der Waals surface area (Å²) in [6.07, 6.45) is 0.266. The predicted octanol–water partition coefficient (Wildman–Crippen LogP) is 0.839. The summed E-state index contributed by atoms with van der Waals surface area (Å²) < 4.78 is 0. The van der Waals surface area contributed by atoms with E-state index in [1.807, 2.05) is 0 Å². The van der Waals surface area contributed by atoms with Crippen LogP contribution in [0.3, 0.4) is 0 Å². The zero-order chi connectivity index (χ0) is 7.98. The standard InChI is InChI=1S/C6H8N2O2/c1-3-6(9)10-8-5(2)4-7/h3H2,1-2H3. The molecule has 0 atom stereocenters. The van der Waals surface area contributed by atoms with Crippen LogP contribution in [0.1, 0.15) is 20.3 Å². The van der Waals surface area contributed by atoms with Gasteiger partial charge < -0.3 is 4.84 Å². The molecule has 4 heteroatoms. The quantitative estimate of drug-likeness (QED) is 0.324. The van der Waals surface area contributed by atoms with E-state index >= 15 is 0 Å². The Morgan fingerprint density at radius 3 is 2.80 bits per heavy atom. The van der Waals surface area contributed by atoms with Crippen molar-refractivity contribution in [3.8, 4) is 6.07 Å². The summed E-state index contributed by atoms with van der Waals surface area (Å²) in [5.41, 5.74) is 0.141. The van der Waals surface area contributed by atoms with Crippen LogP contribution in [-0.2, 0) is 9.63 Å². The van der Waals surface area contributed by atoms with Crippen molar-refractivity contribution in [3.05, 3.63) is 0 Å². The van der Waals surface area contributed by atoms with Gasteiger partial charge in [-0.1, -0.05) is 12.1 Å². The third-order valence-corrected chi connectivity index (χ3v) is 0.735. The number of carbonyl (C=O) groups excluding carboxylic acids is 1. The van der Waals surface area contributed by atoms with Crippen molar-refractivity contribution in [2.45, 2.75) is 20.3 Å². The van der Waals surface area contributed by atoms with Gasteiger partial charge in [-0.05, 0) is 6.92 Å². The summed E-state index contributed by atoms with van der Waals surface area (Å²) >= 11 is 0. The summed E-state index contributed by atoms with van der Waals surface area (Å²) in [7, 11) is 0. The van der Waals surface area contributed by atoms with Crippen LogP contribution in [0, 0.1) is 11.3 Å². The third-order valence-electron chi connectivity index (χ3n) is 0.735. The molecule has 0 N–H and O–H groups in total. The Hall–Kier alpha value is -1.37. The number of hydrogen-bond acceptors (Lipinski definition) is 4. The predicted molar refractivity (Wildman–Crippen MR) is 35.1 cm³/mol. The molecule has 0 saturated heterocycles. The molecule has 0 aliphatic heterocycles. The van der Waals surface area contributed by atoms with Gasteiger partial charge in [0.1, 0.15) is 6.07 Å². The van der Waals surface area contributed by atoms with Crippen LogP contribution >= 0.6 is 0 Å². The van der Waals surface area contributed by atoms with E-state index < -0.39 is 5.97 Å². The van der Waals surface area contributed by atoms with Crippen molar-refractivity contribution >= 4 is 11.7 Å². The third kappa shape index (κ3) is 3.61. The normalized spacial score (nSPS) is 10.3. The summed E-state index contributed by atoms with van der Waals surface area (Å²) in [6.45, 7) is 3.11. The van der Waals surface area contributed by atoms with Crippen LogP contribution in [-0.4, -0.2) is 11.7 Å². The van der Waals surface area contributed by atoms with Crippen LogP contribution in [0.2, 0.25) is 0 Å². The smallest absolute Gasteiger partial charge is 0.317 e. The van der Waals surface area contributed by atoms with Gasteiger partial charge >= 0.3 is 5.97 Å². The minimum absolute atomic E-state index is 0.141. The van der Waals surface area contributed by atoms with Crippen LogP contribution in [0.4, 0.5) is 0 Å². The Bertz CT molecular complexity index is 190. The number of oxime groups is 1. The molecule has 0 aromatic carbocycles. The Morgan fingerprint density at radius 1 is 1.80 bits per heavy atom. The molecule has 0 spiro atoms. The molecule has 0 heterocycles. The molecule has 0 rings (SSSR count). The molecular formula is C6H8N2O2. The van der Waals surface area contributed by atoms with Gasteiger partial charge in [0.15, 0.2) is 5.71 Å². The first-order valence-electron chi connectivity index (χ1n) is 2.85. The zero-order valence-corrected chi connectivity index (χ0v) is 5.92. The molecule has 0 aromatic heterocycles.